The monoisotopic (exact) mass is 295 g/mol. The quantitative estimate of drug-likeness (QED) is 0.575. The highest BCUT2D eigenvalue weighted by Crippen LogP contribution is 2.30. The van der Waals surface area contributed by atoms with Crippen LogP contribution in [0.25, 0.3) is 11.1 Å². The summed E-state index contributed by atoms with van der Waals surface area (Å²) in [7, 11) is 1.57. The van der Waals surface area contributed by atoms with Crippen molar-refractivity contribution in [2.75, 3.05) is 13.9 Å². The number of ketones is 1. The first kappa shape index (κ1) is 15.7. The van der Waals surface area contributed by atoms with Gasteiger partial charge in [0.15, 0.2) is 12.6 Å². The lowest BCUT2D eigenvalue weighted by atomic mass is 10.0. The van der Waals surface area contributed by atoms with Crippen LogP contribution in [0.15, 0.2) is 48.5 Å². The van der Waals surface area contributed by atoms with Crippen molar-refractivity contribution in [3.05, 3.63) is 54.1 Å². The summed E-state index contributed by atoms with van der Waals surface area (Å²) in [5.41, 5.74) is 2.52. The Hall–Kier alpha value is -2.64. The number of benzene rings is 2. The maximum Gasteiger partial charge on any atom is 0.188 e. The number of hydrogen-bond donors (Lipinski definition) is 0. The summed E-state index contributed by atoms with van der Waals surface area (Å²) >= 11 is 0. The van der Waals surface area contributed by atoms with E-state index >= 15 is 0 Å². The summed E-state index contributed by atoms with van der Waals surface area (Å²) in [5.74, 6) is 0.713. The number of ether oxygens (including phenoxy) is 2. The zero-order valence-corrected chi connectivity index (χ0v) is 12.4. The average Bonchev–Trinajstić information content (AvgIpc) is 2.58. The number of methoxy groups -OCH3 is 1. The zero-order valence-electron chi connectivity index (χ0n) is 12.4. The SMILES string of the molecule is COCOc1ccccc1-c1ccc(C(=O)CCC#N)cc1. The molecule has 0 aromatic heterocycles. The van der Waals surface area contributed by atoms with Crippen LogP contribution in [0, 0.1) is 11.3 Å². The smallest absolute Gasteiger partial charge is 0.188 e. The lowest BCUT2D eigenvalue weighted by Crippen LogP contribution is -2.00. The molecule has 0 atom stereocenters. The van der Waals surface area contributed by atoms with Crippen molar-refractivity contribution in [3.63, 3.8) is 0 Å². The molecule has 0 saturated carbocycles. The highest BCUT2D eigenvalue weighted by Gasteiger charge is 2.08. The highest BCUT2D eigenvalue weighted by molar-refractivity contribution is 5.96. The Kier molecular flexibility index (Phi) is 5.70. The fourth-order valence-electron chi connectivity index (χ4n) is 2.10. The Morgan fingerprint density at radius 1 is 1.14 bits per heavy atom. The van der Waals surface area contributed by atoms with Crippen LogP contribution in [0.2, 0.25) is 0 Å². The summed E-state index contributed by atoms with van der Waals surface area (Å²) in [6.07, 6.45) is 0.498. The molecule has 0 heterocycles. The minimum atomic E-state index is -0.0166. The first-order chi connectivity index (χ1) is 10.8. The van der Waals surface area contributed by atoms with Crippen molar-refractivity contribution < 1.29 is 14.3 Å². The summed E-state index contributed by atoms with van der Waals surface area (Å²) in [6.45, 7) is 0.182. The number of carbonyl (C=O) groups excluding carboxylic acids is 1. The molecule has 22 heavy (non-hydrogen) atoms. The van der Waals surface area contributed by atoms with Gasteiger partial charge in [0.05, 0.1) is 6.07 Å². The Balaban J connectivity index is 2.20. The third-order valence-corrected chi connectivity index (χ3v) is 3.20. The Morgan fingerprint density at radius 2 is 1.86 bits per heavy atom. The second-order valence-electron chi connectivity index (χ2n) is 4.71. The van der Waals surface area contributed by atoms with Crippen molar-refractivity contribution in [1.82, 2.24) is 0 Å². The van der Waals surface area contributed by atoms with Gasteiger partial charge in [-0.25, -0.2) is 0 Å². The van der Waals surface area contributed by atoms with Crippen molar-refractivity contribution in [1.29, 1.82) is 5.26 Å². The first-order valence-electron chi connectivity index (χ1n) is 6.97. The predicted octanol–water partition coefficient (Wildman–Crippen LogP) is 3.82. The molecule has 0 spiro atoms. The average molecular weight is 295 g/mol. The molecule has 2 rings (SSSR count). The van der Waals surface area contributed by atoms with Crippen LogP contribution in [-0.4, -0.2) is 19.7 Å². The lowest BCUT2D eigenvalue weighted by molar-refractivity contribution is 0.0515. The molecule has 2 aromatic carbocycles. The van der Waals surface area contributed by atoms with E-state index in [-0.39, 0.29) is 25.4 Å². The fraction of sp³-hybridized carbons (Fsp3) is 0.222. The number of carbonyl (C=O) groups is 1. The van der Waals surface area contributed by atoms with Gasteiger partial charge < -0.3 is 9.47 Å². The Bertz CT molecular complexity index is 671. The van der Waals surface area contributed by atoms with Crippen LogP contribution in [0.1, 0.15) is 23.2 Å². The number of nitrogens with zero attached hydrogens (tertiary/aromatic N) is 1. The molecule has 4 nitrogen and oxygen atoms in total. The topological polar surface area (TPSA) is 59.3 Å². The van der Waals surface area contributed by atoms with E-state index < -0.39 is 0 Å². The standard InChI is InChI=1S/C18H17NO3/c1-21-13-22-18-7-3-2-5-16(18)14-8-10-15(11-9-14)17(20)6-4-12-19/h2-3,5,7-11H,4,6,13H2,1H3. The molecule has 0 radical (unpaired) electrons. The minimum absolute atomic E-state index is 0.0166. The van der Waals surface area contributed by atoms with Crippen LogP contribution >= 0.6 is 0 Å². The van der Waals surface area contributed by atoms with Gasteiger partial charge in [-0.1, -0.05) is 42.5 Å². The van der Waals surface area contributed by atoms with E-state index in [1.807, 2.05) is 42.5 Å². The van der Waals surface area contributed by atoms with E-state index in [0.717, 1.165) is 16.9 Å². The van der Waals surface area contributed by atoms with E-state index in [0.29, 0.717) is 5.56 Å². The summed E-state index contributed by atoms with van der Waals surface area (Å²) < 4.78 is 10.5. The number of nitriles is 1. The van der Waals surface area contributed by atoms with Gasteiger partial charge in [0.2, 0.25) is 0 Å². The lowest BCUT2D eigenvalue weighted by Gasteiger charge is -2.11. The van der Waals surface area contributed by atoms with Gasteiger partial charge in [0.1, 0.15) is 5.75 Å². The molecule has 4 heteroatoms. The van der Waals surface area contributed by atoms with E-state index in [2.05, 4.69) is 0 Å². The van der Waals surface area contributed by atoms with Gasteiger partial charge in [0, 0.05) is 31.1 Å². The van der Waals surface area contributed by atoms with E-state index in [1.165, 1.54) is 0 Å². The van der Waals surface area contributed by atoms with Crippen molar-refractivity contribution in [2.45, 2.75) is 12.8 Å². The molecular weight excluding hydrogens is 278 g/mol. The maximum atomic E-state index is 11.9. The fourth-order valence-corrected chi connectivity index (χ4v) is 2.10. The summed E-state index contributed by atoms with van der Waals surface area (Å²) in [4.78, 5) is 11.9. The number of hydrogen-bond acceptors (Lipinski definition) is 4. The zero-order chi connectivity index (χ0) is 15.8. The third-order valence-electron chi connectivity index (χ3n) is 3.20. The predicted molar refractivity (Wildman–Crippen MR) is 83.6 cm³/mol. The molecule has 0 N–H and O–H groups in total. The van der Waals surface area contributed by atoms with E-state index in [1.54, 1.807) is 19.2 Å². The van der Waals surface area contributed by atoms with Gasteiger partial charge in [-0.05, 0) is 11.6 Å². The van der Waals surface area contributed by atoms with Crippen LogP contribution < -0.4 is 4.74 Å². The first-order valence-corrected chi connectivity index (χ1v) is 6.97. The van der Waals surface area contributed by atoms with Gasteiger partial charge in [-0.3, -0.25) is 4.79 Å². The van der Waals surface area contributed by atoms with Crippen LogP contribution in [-0.2, 0) is 4.74 Å². The van der Waals surface area contributed by atoms with Crippen LogP contribution in [0.5, 0.6) is 5.75 Å². The van der Waals surface area contributed by atoms with E-state index in [9.17, 15) is 4.79 Å². The minimum Gasteiger partial charge on any atom is -0.467 e. The van der Waals surface area contributed by atoms with E-state index in [4.69, 9.17) is 14.7 Å². The molecule has 0 aliphatic rings. The van der Waals surface area contributed by atoms with Crippen molar-refractivity contribution in [2.24, 2.45) is 0 Å². The second kappa shape index (κ2) is 7.96. The van der Waals surface area contributed by atoms with Crippen molar-refractivity contribution >= 4 is 5.78 Å². The molecule has 0 amide bonds. The molecule has 0 bridgehead atoms. The molecule has 112 valence electrons. The molecule has 0 unspecified atom stereocenters. The number of para-hydroxylation sites is 1. The number of Topliss-reactive ketones (excluding diaryl/α,β-unsaturated/α-hetero) is 1. The Morgan fingerprint density at radius 3 is 2.55 bits per heavy atom. The molecule has 2 aromatic rings. The summed E-state index contributed by atoms with van der Waals surface area (Å²) in [6, 6.07) is 17.0. The van der Waals surface area contributed by atoms with Crippen LogP contribution in [0.3, 0.4) is 0 Å². The van der Waals surface area contributed by atoms with Crippen molar-refractivity contribution in [3.8, 4) is 22.9 Å². The number of rotatable bonds is 7. The molecule has 0 fully saturated rings. The Labute approximate surface area is 129 Å². The maximum absolute atomic E-state index is 11.9. The van der Waals surface area contributed by atoms with Gasteiger partial charge in [0.25, 0.3) is 0 Å². The molecule has 0 aliphatic carbocycles. The normalized spacial score (nSPS) is 10.0. The second-order valence-corrected chi connectivity index (χ2v) is 4.71. The summed E-state index contributed by atoms with van der Waals surface area (Å²) in [5, 5.41) is 8.53. The highest BCUT2D eigenvalue weighted by atomic mass is 16.7. The van der Waals surface area contributed by atoms with Gasteiger partial charge in [-0.2, -0.15) is 5.26 Å². The molecule has 0 saturated heterocycles. The van der Waals surface area contributed by atoms with Gasteiger partial charge >= 0.3 is 0 Å². The largest absolute Gasteiger partial charge is 0.467 e. The van der Waals surface area contributed by atoms with Crippen LogP contribution in [0.4, 0.5) is 0 Å². The van der Waals surface area contributed by atoms with Gasteiger partial charge in [-0.15, -0.1) is 0 Å². The molecule has 0 aliphatic heterocycles. The third kappa shape index (κ3) is 3.94. The molecular formula is C18H17NO3.